The quantitative estimate of drug-likeness (QED) is 0.907. The highest BCUT2D eigenvalue weighted by Crippen LogP contribution is 2.32. The van der Waals surface area contributed by atoms with E-state index in [0.29, 0.717) is 22.6 Å². The zero-order chi connectivity index (χ0) is 13.1. The van der Waals surface area contributed by atoms with Gasteiger partial charge in [0.2, 0.25) is 5.91 Å². The van der Waals surface area contributed by atoms with Crippen LogP contribution in [0.4, 0.5) is 5.69 Å². The molecule has 0 aliphatic rings. The molecule has 1 aromatic heterocycles. The molecule has 0 spiro atoms. The number of aliphatic hydroxyl groups is 1. The van der Waals surface area contributed by atoms with E-state index < -0.39 is 6.10 Å². The summed E-state index contributed by atoms with van der Waals surface area (Å²) < 4.78 is 0.977. The van der Waals surface area contributed by atoms with Gasteiger partial charge in [-0.1, -0.05) is 11.6 Å². The summed E-state index contributed by atoms with van der Waals surface area (Å²) in [4.78, 5) is 15.9. The van der Waals surface area contributed by atoms with E-state index in [1.807, 2.05) is 6.07 Å². The summed E-state index contributed by atoms with van der Waals surface area (Å²) in [6.45, 7) is 1.65. The van der Waals surface area contributed by atoms with E-state index >= 15 is 0 Å². The lowest BCUT2D eigenvalue weighted by molar-refractivity contribution is -0.116. The first-order valence-electron chi connectivity index (χ1n) is 5.57. The normalized spacial score (nSPS) is 12.6. The highest BCUT2D eigenvalue weighted by Gasteiger charge is 2.12. The summed E-state index contributed by atoms with van der Waals surface area (Å²) >= 11 is 7.56. The fourth-order valence-corrected chi connectivity index (χ4v) is 2.45. The van der Waals surface area contributed by atoms with Crippen molar-refractivity contribution < 1.29 is 9.90 Å². The van der Waals surface area contributed by atoms with E-state index in [0.717, 1.165) is 4.70 Å². The molecule has 2 N–H and O–H groups in total. The molecule has 0 bridgehead atoms. The van der Waals surface area contributed by atoms with Gasteiger partial charge in [0.15, 0.2) is 0 Å². The van der Waals surface area contributed by atoms with Crippen LogP contribution in [0.3, 0.4) is 0 Å². The van der Waals surface area contributed by atoms with Crippen molar-refractivity contribution in [2.45, 2.75) is 25.9 Å². The topological polar surface area (TPSA) is 62.2 Å². The Morgan fingerprint density at radius 3 is 3.11 bits per heavy atom. The van der Waals surface area contributed by atoms with Gasteiger partial charge in [-0.2, -0.15) is 0 Å². The number of benzene rings is 1. The number of carbonyl (C=O) groups excluding carboxylic acids is 1. The first-order chi connectivity index (χ1) is 8.58. The smallest absolute Gasteiger partial charge is 0.224 e. The molecule has 4 nitrogen and oxygen atoms in total. The lowest BCUT2D eigenvalue weighted by Gasteiger charge is -2.08. The molecule has 1 aromatic carbocycles. The van der Waals surface area contributed by atoms with Gasteiger partial charge in [-0.05, 0) is 25.5 Å². The van der Waals surface area contributed by atoms with E-state index in [2.05, 4.69) is 10.3 Å². The van der Waals surface area contributed by atoms with Crippen LogP contribution in [-0.2, 0) is 4.79 Å². The van der Waals surface area contributed by atoms with Gasteiger partial charge in [0.05, 0.1) is 27.0 Å². The Labute approximate surface area is 114 Å². The van der Waals surface area contributed by atoms with Crippen LogP contribution in [-0.4, -0.2) is 22.1 Å². The molecule has 2 rings (SSSR count). The number of nitrogens with one attached hydrogen (secondary N) is 1. The Balaban J connectivity index is 2.18. The van der Waals surface area contributed by atoms with Crippen LogP contribution in [0.5, 0.6) is 0 Å². The van der Waals surface area contributed by atoms with Gasteiger partial charge in [-0.15, -0.1) is 11.3 Å². The maximum absolute atomic E-state index is 11.7. The third-order valence-electron chi connectivity index (χ3n) is 2.51. The Kier molecular flexibility index (Phi) is 4.16. The maximum Gasteiger partial charge on any atom is 0.224 e. The van der Waals surface area contributed by atoms with Gasteiger partial charge in [0.1, 0.15) is 5.52 Å². The molecule has 1 unspecified atom stereocenters. The molecule has 0 fully saturated rings. The summed E-state index contributed by atoms with van der Waals surface area (Å²) in [5.41, 5.74) is 2.97. The lowest BCUT2D eigenvalue weighted by atomic mass is 10.2. The zero-order valence-corrected chi connectivity index (χ0v) is 11.4. The molecule has 1 heterocycles. The van der Waals surface area contributed by atoms with Gasteiger partial charge < -0.3 is 10.4 Å². The van der Waals surface area contributed by atoms with Crippen LogP contribution < -0.4 is 5.32 Å². The minimum absolute atomic E-state index is 0.168. The maximum atomic E-state index is 11.7. The third kappa shape index (κ3) is 2.98. The van der Waals surface area contributed by atoms with Crippen LogP contribution in [0.15, 0.2) is 17.6 Å². The molecular formula is C12H13ClN2O2S. The van der Waals surface area contributed by atoms with E-state index in [4.69, 9.17) is 16.7 Å². The summed E-state index contributed by atoms with van der Waals surface area (Å²) in [7, 11) is 0. The molecule has 0 saturated carbocycles. The zero-order valence-electron chi connectivity index (χ0n) is 9.81. The van der Waals surface area contributed by atoms with Crippen molar-refractivity contribution in [2.75, 3.05) is 5.32 Å². The molecular weight excluding hydrogens is 272 g/mol. The Hall–Kier alpha value is -1.17. The molecule has 2 aromatic rings. The predicted octanol–water partition coefficient (Wildman–Crippen LogP) is 3.05. The van der Waals surface area contributed by atoms with Crippen LogP contribution in [0.2, 0.25) is 5.02 Å². The highest BCUT2D eigenvalue weighted by atomic mass is 35.5. The number of fused-ring (bicyclic) bond motifs is 1. The second kappa shape index (κ2) is 5.65. The van der Waals surface area contributed by atoms with Gasteiger partial charge in [0, 0.05) is 6.42 Å². The lowest BCUT2D eigenvalue weighted by Crippen LogP contribution is -2.14. The average Bonchev–Trinajstić information content (AvgIpc) is 2.78. The summed E-state index contributed by atoms with van der Waals surface area (Å²) in [6, 6.07) is 3.62. The fourth-order valence-electron chi connectivity index (χ4n) is 1.57. The van der Waals surface area contributed by atoms with Crippen LogP contribution in [0.25, 0.3) is 10.2 Å². The summed E-state index contributed by atoms with van der Waals surface area (Å²) in [5, 5.41) is 12.4. The SMILES string of the molecule is CC(O)CCC(=O)Nc1c(Cl)ccc2scnc12. The minimum Gasteiger partial charge on any atom is -0.393 e. The molecule has 0 aliphatic heterocycles. The second-order valence-electron chi connectivity index (χ2n) is 4.06. The van der Waals surface area contributed by atoms with Crippen molar-refractivity contribution >= 4 is 44.7 Å². The fraction of sp³-hybridized carbons (Fsp3) is 0.333. The molecule has 0 saturated heterocycles. The van der Waals surface area contributed by atoms with Crippen LogP contribution in [0, 0.1) is 0 Å². The monoisotopic (exact) mass is 284 g/mol. The van der Waals surface area contributed by atoms with Gasteiger partial charge in [0.25, 0.3) is 0 Å². The van der Waals surface area contributed by atoms with Gasteiger partial charge in [-0.25, -0.2) is 4.98 Å². The Morgan fingerprint density at radius 1 is 1.61 bits per heavy atom. The molecule has 6 heteroatoms. The summed E-state index contributed by atoms with van der Waals surface area (Å²) in [5.74, 6) is -0.168. The predicted molar refractivity (Wildman–Crippen MR) is 74.2 cm³/mol. The Morgan fingerprint density at radius 2 is 2.39 bits per heavy atom. The number of hydrogen-bond acceptors (Lipinski definition) is 4. The number of rotatable bonds is 4. The van der Waals surface area contributed by atoms with Crippen molar-refractivity contribution in [3.63, 3.8) is 0 Å². The van der Waals surface area contributed by atoms with Crippen molar-refractivity contribution in [3.05, 3.63) is 22.7 Å². The van der Waals surface area contributed by atoms with Crippen molar-refractivity contribution in [3.8, 4) is 0 Å². The molecule has 0 radical (unpaired) electrons. The van der Waals surface area contributed by atoms with E-state index in [1.165, 1.54) is 11.3 Å². The first kappa shape index (κ1) is 13.3. The highest BCUT2D eigenvalue weighted by molar-refractivity contribution is 7.16. The summed E-state index contributed by atoms with van der Waals surface area (Å²) in [6.07, 6.45) is 0.201. The van der Waals surface area contributed by atoms with E-state index in [9.17, 15) is 4.79 Å². The van der Waals surface area contributed by atoms with Crippen molar-refractivity contribution in [1.82, 2.24) is 4.98 Å². The van der Waals surface area contributed by atoms with Gasteiger partial charge >= 0.3 is 0 Å². The molecule has 1 amide bonds. The largest absolute Gasteiger partial charge is 0.393 e. The number of nitrogens with zero attached hydrogens (tertiary/aromatic N) is 1. The van der Waals surface area contributed by atoms with Crippen LogP contribution >= 0.6 is 22.9 Å². The van der Waals surface area contributed by atoms with Crippen molar-refractivity contribution in [2.24, 2.45) is 0 Å². The average molecular weight is 285 g/mol. The number of carbonyl (C=O) groups is 1. The molecule has 18 heavy (non-hydrogen) atoms. The third-order valence-corrected chi connectivity index (χ3v) is 3.61. The number of amides is 1. The number of anilines is 1. The molecule has 96 valence electrons. The van der Waals surface area contributed by atoms with Crippen LogP contribution in [0.1, 0.15) is 19.8 Å². The number of hydrogen-bond donors (Lipinski definition) is 2. The standard InChI is InChI=1S/C12H13ClN2O2S/c1-7(16)2-5-10(17)15-11-8(13)3-4-9-12(11)14-6-18-9/h3-4,6-7,16H,2,5H2,1H3,(H,15,17). The van der Waals surface area contributed by atoms with E-state index in [-0.39, 0.29) is 12.3 Å². The minimum atomic E-state index is -0.485. The Bertz CT molecular complexity index is 568. The molecule has 0 aliphatic carbocycles. The molecule has 1 atom stereocenters. The number of thiazole rings is 1. The van der Waals surface area contributed by atoms with E-state index in [1.54, 1.807) is 18.5 Å². The number of halogens is 1. The van der Waals surface area contributed by atoms with Crippen molar-refractivity contribution in [1.29, 1.82) is 0 Å². The number of aromatic nitrogens is 1. The van der Waals surface area contributed by atoms with Gasteiger partial charge in [-0.3, -0.25) is 4.79 Å². The second-order valence-corrected chi connectivity index (χ2v) is 5.35. The first-order valence-corrected chi connectivity index (χ1v) is 6.83. The number of aliphatic hydroxyl groups excluding tert-OH is 1.